The van der Waals surface area contributed by atoms with Gasteiger partial charge in [0.2, 0.25) is 0 Å². The number of phenols is 1. The van der Waals surface area contributed by atoms with E-state index in [2.05, 4.69) is 15.5 Å². The van der Waals surface area contributed by atoms with Crippen molar-refractivity contribution >= 4 is 0 Å². The van der Waals surface area contributed by atoms with Crippen LogP contribution in [0.2, 0.25) is 0 Å². The molecule has 2 N–H and O–H groups in total. The lowest BCUT2D eigenvalue weighted by Gasteiger charge is -2.63. The number of likely N-dealkylation sites (tertiary alicyclic amines) is 1. The van der Waals surface area contributed by atoms with E-state index in [0.29, 0.717) is 5.75 Å². The Morgan fingerprint density at radius 2 is 1.80 bits per heavy atom. The first-order chi connectivity index (χ1) is 17.1. The average Bonchev–Trinajstić information content (AvgIpc) is 3.77. The molecule has 3 fully saturated rings. The molecule has 2 aliphatic heterocycles. The van der Waals surface area contributed by atoms with Crippen molar-refractivity contribution in [3.63, 3.8) is 0 Å². The fraction of sp³-hybridized carbons (Fsp3) is 0.667. The number of aromatic hydroxyl groups is 1. The third-order valence-electron chi connectivity index (χ3n) is 11.1. The second kappa shape index (κ2) is 6.47. The highest BCUT2D eigenvalue weighted by molar-refractivity contribution is 5.65. The molecule has 9 rings (SSSR count). The topological polar surface area (TPSA) is 57.9 Å². The Labute approximate surface area is 207 Å². The maximum atomic E-state index is 13.0. The van der Waals surface area contributed by atoms with E-state index >= 15 is 0 Å². The molecular formula is C30H36N2O3. The van der Waals surface area contributed by atoms with Crippen molar-refractivity contribution in [2.75, 3.05) is 13.1 Å². The van der Waals surface area contributed by atoms with Crippen LogP contribution >= 0.6 is 0 Å². The van der Waals surface area contributed by atoms with Gasteiger partial charge in [0.05, 0.1) is 16.7 Å². The second-order valence-electron chi connectivity index (χ2n) is 13.0. The Morgan fingerprint density at radius 1 is 1.00 bits per heavy atom. The summed E-state index contributed by atoms with van der Waals surface area (Å²) in [6.45, 7) is 3.26. The largest absolute Gasteiger partial charge is 0.504 e. The third kappa shape index (κ3) is 2.38. The predicted molar refractivity (Wildman–Crippen MR) is 132 cm³/mol. The quantitative estimate of drug-likeness (QED) is 0.701. The van der Waals surface area contributed by atoms with Gasteiger partial charge in [-0.2, -0.15) is 0 Å². The lowest BCUT2D eigenvalue weighted by Crippen LogP contribution is -2.74. The van der Waals surface area contributed by atoms with Gasteiger partial charge in [-0.15, -0.1) is 0 Å². The van der Waals surface area contributed by atoms with Gasteiger partial charge in [-0.1, -0.05) is 6.07 Å². The molecule has 2 bridgehead atoms. The Morgan fingerprint density at radius 3 is 2.63 bits per heavy atom. The van der Waals surface area contributed by atoms with Crippen molar-refractivity contribution in [1.82, 2.24) is 9.47 Å². The number of hydrogen-bond acceptors (Lipinski definition) is 4. The number of phenolic OH excluding ortho intramolecular Hbond substituents is 1. The minimum atomic E-state index is -0.846. The van der Waals surface area contributed by atoms with E-state index in [1.54, 1.807) is 5.69 Å². The van der Waals surface area contributed by atoms with Crippen LogP contribution in [0.15, 0.2) is 12.1 Å². The molecule has 1 aromatic carbocycles. The van der Waals surface area contributed by atoms with E-state index in [1.807, 2.05) is 6.07 Å². The lowest BCUT2D eigenvalue weighted by molar-refractivity contribution is -0.174. The van der Waals surface area contributed by atoms with Crippen molar-refractivity contribution in [1.29, 1.82) is 0 Å². The van der Waals surface area contributed by atoms with E-state index in [0.717, 1.165) is 69.1 Å². The van der Waals surface area contributed by atoms with Gasteiger partial charge in [0.1, 0.15) is 0 Å². The van der Waals surface area contributed by atoms with Crippen molar-refractivity contribution < 1.29 is 14.9 Å². The molecule has 5 nitrogen and oxygen atoms in total. The van der Waals surface area contributed by atoms with Crippen LogP contribution in [0.5, 0.6) is 11.5 Å². The van der Waals surface area contributed by atoms with Crippen LogP contribution in [0.25, 0.3) is 0 Å². The number of aromatic nitrogens is 1. The molecule has 1 saturated heterocycles. The normalized spacial score (nSPS) is 36.4. The average molecular weight is 473 g/mol. The molecule has 7 aliphatic rings. The fourth-order valence-corrected chi connectivity index (χ4v) is 9.16. The summed E-state index contributed by atoms with van der Waals surface area (Å²) < 4.78 is 9.57. The Kier molecular flexibility index (Phi) is 3.72. The molecule has 0 amide bonds. The van der Waals surface area contributed by atoms with Gasteiger partial charge in [-0.3, -0.25) is 4.90 Å². The number of piperidine rings is 1. The maximum absolute atomic E-state index is 13.0. The molecule has 2 saturated carbocycles. The van der Waals surface area contributed by atoms with E-state index in [-0.39, 0.29) is 17.9 Å². The zero-order chi connectivity index (χ0) is 23.1. The highest BCUT2D eigenvalue weighted by Crippen LogP contribution is 2.69. The van der Waals surface area contributed by atoms with Crippen LogP contribution in [-0.4, -0.2) is 44.4 Å². The molecule has 0 radical (unpaired) electrons. The third-order valence-corrected chi connectivity index (χ3v) is 11.1. The van der Waals surface area contributed by atoms with Crippen LogP contribution in [0.1, 0.15) is 84.7 Å². The molecule has 35 heavy (non-hydrogen) atoms. The van der Waals surface area contributed by atoms with Crippen LogP contribution in [-0.2, 0) is 37.6 Å². The summed E-state index contributed by atoms with van der Waals surface area (Å²) in [7, 11) is 0. The first kappa shape index (κ1) is 20.1. The standard InChI is InChI=1S/C30H36N2O3/c33-23-10-9-19-13-24-30(34)14-21-20-3-1-2-4-22(20)32(16-18-7-8-18)26(21)28-29(30,25(19)27(23)35-28)11-12-31(24)15-17-5-6-17/h9-10,17-18,24,28,33-34H,1-8,11-16H2/t24-,28-,29-,30+/m0/s1. The lowest BCUT2D eigenvalue weighted by atomic mass is 9.49. The number of hydrogen-bond donors (Lipinski definition) is 2. The molecule has 184 valence electrons. The Bertz CT molecular complexity index is 1270. The zero-order valence-electron chi connectivity index (χ0n) is 20.6. The van der Waals surface area contributed by atoms with Gasteiger partial charge in [0.25, 0.3) is 0 Å². The zero-order valence-corrected chi connectivity index (χ0v) is 20.6. The van der Waals surface area contributed by atoms with Gasteiger partial charge >= 0.3 is 0 Å². The molecule has 1 aromatic heterocycles. The first-order valence-corrected chi connectivity index (χ1v) is 14.3. The number of aliphatic hydroxyl groups is 1. The Balaban J connectivity index is 1.31. The van der Waals surface area contributed by atoms with E-state index < -0.39 is 11.0 Å². The molecule has 3 heterocycles. The first-order valence-electron chi connectivity index (χ1n) is 14.3. The van der Waals surface area contributed by atoms with E-state index in [1.165, 1.54) is 60.9 Å². The summed E-state index contributed by atoms with van der Waals surface area (Å²) in [4.78, 5) is 2.65. The minimum absolute atomic E-state index is 0.130. The van der Waals surface area contributed by atoms with Crippen LogP contribution < -0.4 is 4.74 Å². The highest BCUT2D eigenvalue weighted by Gasteiger charge is 2.73. The summed E-state index contributed by atoms with van der Waals surface area (Å²) in [5.74, 6) is 2.53. The highest BCUT2D eigenvalue weighted by atomic mass is 16.5. The van der Waals surface area contributed by atoms with E-state index in [9.17, 15) is 10.2 Å². The van der Waals surface area contributed by atoms with Gasteiger partial charge in [-0.25, -0.2) is 0 Å². The molecule has 2 aromatic rings. The molecule has 5 heteroatoms. The van der Waals surface area contributed by atoms with Gasteiger partial charge in [0.15, 0.2) is 17.6 Å². The van der Waals surface area contributed by atoms with Crippen molar-refractivity contribution in [3.05, 3.63) is 45.8 Å². The fourth-order valence-electron chi connectivity index (χ4n) is 9.16. The summed E-state index contributed by atoms with van der Waals surface area (Å²) in [5.41, 5.74) is 7.01. The second-order valence-corrected chi connectivity index (χ2v) is 13.0. The monoisotopic (exact) mass is 472 g/mol. The van der Waals surface area contributed by atoms with Crippen LogP contribution in [0, 0.1) is 11.8 Å². The van der Waals surface area contributed by atoms with Crippen molar-refractivity contribution in [3.8, 4) is 11.5 Å². The smallest absolute Gasteiger partial charge is 0.166 e. The van der Waals surface area contributed by atoms with Crippen LogP contribution in [0.3, 0.4) is 0 Å². The predicted octanol–water partition coefficient (Wildman–Crippen LogP) is 4.18. The maximum Gasteiger partial charge on any atom is 0.166 e. The number of benzene rings is 1. The molecule has 1 spiro atoms. The summed E-state index contributed by atoms with van der Waals surface area (Å²) in [5, 5.41) is 24.0. The number of ether oxygens (including phenoxy) is 1. The van der Waals surface area contributed by atoms with Crippen LogP contribution in [0.4, 0.5) is 0 Å². The van der Waals surface area contributed by atoms with E-state index in [4.69, 9.17) is 4.74 Å². The number of rotatable bonds is 4. The summed E-state index contributed by atoms with van der Waals surface area (Å²) >= 11 is 0. The summed E-state index contributed by atoms with van der Waals surface area (Å²) in [6, 6.07) is 4.09. The summed E-state index contributed by atoms with van der Waals surface area (Å²) in [6.07, 6.45) is 12.5. The van der Waals surface area contributed by atoms with Crippen molar-refractivity contribution in [2.45, 2.75) is 100 Å². The van der Waals surface area contributed by atoms with Crippen molar-refractivity contribution in [2.24, 2.45) is 11.8 Å². The van der Waals surface area contributed by atoms with Gasteiger partial charge in [0, 0.05) is 36.8 Å². The number of fused-ring (bicyclic) bond motifs is 4. The molecule has 5 aliphatic carbocycles. The van der Waals surface area contributed by atoms with Gasteiger partial charge < -0.3 is 19.5 Å². The number of nitrogens with zero attached hydrogens (tertiary/aromatic N) is 2. The van der Waals surface area contributed by atoms with Gasteiger partial charge in [-0.05, 0) is 105 Å². The minimum Gasteiger partial charge on any atom is -0.504 e. The SMILES string of the molecule is Oc1ccc2c3c1O[C@H]1c4c(c5c(n4CC4CC4)CCCC5)C[C@@]4(O)[C@H](C2)N(CC2CC2)CC[C@]314. The molecular weight excluding hydrogens is 436 g/mol. The molecule has 0 unspecified atom stereocenters. The molecule has 4 atom stereocenters. The Hall–Kier alpha value is -1.98.